The van der Waals surface area contributed by atoms with Crippen LogP contribution in [0.25, 0.3) is 10.8 Å². The topological polar surface area (TPSA) is 49.4 Å². The SMILES string of the molecule is CCCC[C@H](CC)CNC(=O)CCCN1C(=O)c2cccc3cccc1c23. The van der Waals surface area contributed by atoms with Crippen LogP contribution in [-0.2, 0) is 4.79 Å². The summed E-state index contributed by atoms with van der Waals surface area (Å²) >= 11 is 0. The molecule has 0 spiro atoms. The first-order valence-electron chi connectivity index (χ1n) is 10.3. The van der Waals surface area contributed by atoms with Gasteiger partial charge in [0, 0.05) is 30.5 Å². The van der Waals surface area contributed by atoms with E-state index < -0.39 is 0 Å². The minimum absolute atomic E-state index is 0.0489. The normalized spacial score (nSPS) is 14.0. The maximum absolute atomic E-state index is 12.7. The molecule has 3 rings (SSSR count). The summed E-state index contributed by atoms with van der Waals surface area (Å²) in [6.45, 7) is 5.73. The molecule has 0 saturated heterocycles. The van der Waals surface area contributed by atoms with Crippen LogP contribution in [0.2, 0.25) is 0 Å². The summed E-state index contributed by atoms with van der Waals surface area (Å²) in [5.41, 5.74) is 1.74. The largest absolute Gasteiger partial charge is 0.356 e. The molecule has 4 nitrogen and oxygen atoms in total. The Labute approximate surface area is 161 Å². The van der Waals surface area contributed by atoms with E-state index in [1.165, 1.54) is 19.3 Å². The second kappa shape index (κ2) is 9.03. The molecule has 0 unspecified atom stereocenters. The number of hydrogen-bond donors (Lipinski definition) is 1. The first-order valence-corrected chi connectivity index (χ1v) is 10.3. The van der Waals surface area contributed by atoms with Gasteiger partial charge >= 0.3 is 0 Å². The lowest BCUT2D eigenvalue weighted by Crippen LogP contribution is -2.31. The average molecular weight is 367 g/mol. The molecule has 1 aliphatic heterocycles. The van der Waals surface area contributed by atoms with E-state index in [-0.39, 0.29) is 11.8 Å². The highest BCUT2D eigenvalue weighted by molar-refractivity contribution is 6.25. The van der Waals surface area contributed by atoms with E-state index in [4.69, 9.17) is 0 Å². The number of hydrogen-bond acceptors (Lipinski definition) is 2. The first-order chi connectivity index (χ1) is 13.2. The molecule has 0 bridgehead atoms. The fourth-order valence-corrected chi connectivity index (χ4v) is 3.89. The molecule has 2 aromatic carbocycles. The Morgan fingerprint density at radius 1 is 1.11 bits per heavy atom. The minimum Gasteiger partial charge on any atom is -0.356 e. The molecule has 0 radical (unpaired) electrons. The Morgan fingerprint density at radius 3 is 2.63 bits per heavy atom. The molecular formula is C23H30N2O2. The zero-order valence-corrected chi connectivity index (χ0v) is 16.5. The van der Waals surface area contributed by atoms with Crippen LogP contribution in [0.1, 0.15) is 62.7 Å². The van der Waals surface area contributed by atoms with Gasteiger partial charge in [-0.05, 0) is 36.3 Å². The van der Waals surface area contributed by atoms with Gasteiger partial charge in [-0.1, -0.05) is 57.4 Å². The highest BCUT2D eigenvalue weighted by Crippen LogP contribution is 2.37. The van der Waals surface area contributed by atoms with Crippen LogP contribution in [0, 0.1) is 5.92 Å². The highest BCUT2D eigenvalue weighted by Gasteiger charge is 2.28. The Morgan fingerprint density at radius 2 is 1.89 bits per heavy atom. The number of carbonyl (C=O) groups is 2. The van der Waals surface area contributed by atoms with Crippen molar-refractivity contribution in [2.24, 2.45) is 5.92 Å². The second-order valence-corrected chi connectivity index (χ2v) is 7.46. The zero-order chi connectivity index (χ0) is 19.2. The van der Waals surface area contributed by atoms with Crippen molar-refractivity contribution in [3.05, 3.63) is 42.0 Å². The second-order valence-electron chi connectivity index (χ2n) is 7.46. The number of nitrogens with one attached hydrogen (secondary N) is 1. The van der Waals surface area contributed by atoms with Gasteiger partial charge < -0.3 is 10.2 Å². The van der Waals surface area contributed by atoms with Gasteiger partial charge in [0.15, 0.2) is 0 Å². The highest BCUT2D eigenvalue weighted by atomic mass is 16.2. The summed E-state index contributed by atoms with van der Waals surface area (Å²) in [5, 5.41) is 5.21. The van der Waals surface area contributed by atoms with Gasteiger partial charge in [-0.2, -0.15) is 0 Å². The Balaban J connectivity index is 1.51. The summed E-state index contributed by atoms with van der Waals surface area (Å²) in [4.78, 5) is 26.7. The molecular weight excluding hydrogens is 336 g/mol. The number of amides is 2. The quantitative estimate of drug-likeness (QED) is 0.649. The number of carbonyl (C=O) groups excluding carboxylic acids is 2. The first kappa shape index (κ1) is 19.4. The molecule has 144 valence electrons. The summed E-state index contributed by atoms with van der Waals surface area (Å²) in [5.74, 6) is 0.710. The maximum atomic E-state index is 12.7. The summed E-state index contributed by atoms with van der Waals surface area (Å²) < 4.78 is 0. The Bertz CT molecular complexity index is 810. The van der Waals surface area contributed by atoms with E-state index in [9.17, 15) is 9.59 Å². The molecule has 2 aromatic rings. The molecule has 4 heteroatoms. The van der Waals surface area contributed by atoms with Crippen molar-refractivity contribution in [1.82, 2.24) is 5.32 Å². The van der Waals surface area contributed by atoms with Crippen LogP contribution >= 0.6 is 0 Å². The van der Waals surface area contributed by atoms with Crippen molar-refractivity contribution in [3.63, 3.8) is 0 Å². The predicted molar refractivity (Wildman–Crippen MR) is 111 cm³/mol. The molecule has 0 fully saturated rings. The molecule has 1 heterocycles. The van der Waals surface area contributed by atoms with Crippen LogP contribution in [0.15, 0.2) is 36.4 Å². The molecule has 1 atom stereocenters. The molecule has 0 saturated carbocycles. The van der Waals surface area contributed by atoms with Crippen molar-refractivity contribution in [1.29, 1.82) is 0 Å². The molecule has 2 amide bonds. The maximum Gasteiger partial charge on any atom is 0.258 e. The number of rotatable bonds is 10. The van der Waals surface area contributed by atoms with E-state index in [2.05, 4.69) is 19.2 Å². The van der Waals surface area contributed by atoms with Gasteiger partial charge in [0.2, 0.25) is 5.91 Å². The fourth-order valence-electron chi connectivity index (χ4n) is 3.89. The van der Waals surface area contributed by atoms with E-state index in [0.717, 1.165) is 35.0 Å². The lowest BCUT2D eigenvalue weighted by Gasteiger charge is -2.18. The smallest absolute Gasteiger partial charge is 0.258 e. The molecule has 1 aliphatic rings. The third-order valence-electron chi connectivity index (χ3n) is 5.57. The van der Waals surface area contributed by atoms with Crippen molar-refractivity contribution >= 4 is 28.3 Å². The number of unbranched alkanes of at least 4 members (excludes halogenated alkanes) is 1. The molecule has 27 heavy (non-hydrogen) atoms. The van der Waals surface area contributed by atoms with Crippen molar-refractivity contribution < 1.29 is 9.59 Å². The third-order valence-corrected chi connectivity index (χ3v) is 5.57. The number of benzene rings is 2. The minimum atomic E-state index is 0.0489. The van der Waals surface area contributed by atoms with Gasteiger partial charge in [-0.15, -0.1) is 0 Å². The number of anilines is 1. The molecule has 0 aromatic heterocycles. The predicted octanol–water partition coefficient (Wildman–Crippen LogP) is 4.91. The van der Waals surface area contributed by atoms with E-state index in [0.29, 0.717) is 25.3 Å². The molecule has 1 N–H and O–H groups in total. The van der Waals surface area contributed by atoms with Gasteiger partial charge in [0.1, 0.15) is 0 Å². The van der Waals surface area contributed by atoms with Crippen molar-refractivity contribution in [3.8, 4) is 0 Å². The third kappa shape index (κ3) is 4.32. The Hall–Kier alpha value is -2.36. The van der Waals surface area contributed by atoms with Crippen LogP contribution in [0.3, 0.4) is 0 Å². The summed E-state index contributed by atoms with van der Waals surface area (Å²) in [7, 11) is 0. The van der Waals surface area contributed by atoms with Crippen molar-refractivity contribution in [2.45, 2.75) is 52.4 Å². The van der Waals surface area contributed by atoms with Crippen LogP contribution in [-0.4, -0.2) is 24.9 Å². The van der Waals surface area contributed by atoms with Gasteiger partial charge in [-0.3, -0.25) is 9.59 Å². The number of nitrogens with zero attached hydrogens (tertiary/aromatic N) is 1. The monoisotopic (exact) mass is 366 g/mol. The standard InChI is InChI=1S/C23H30N2O2/c1-3-5-9-17(4-2)16-24-21(26)14-8-15-25-20-13-7-11-18-10-6-12-19(22(18)20)23(25)27/h6-7,10-13,17H,3-5,8-9,14-16H2,1-2H3,(H,24,26)/t17-/m0/s1. The van der Waals surface area contributed by atoms with Crippen LogP contribution in [0.5, 0.6) is 0 Å². The van der Waals surface area contributed by atoms with Crippen molar-refractivity contribution in [2.75, 3.05) is 18.0 Å². The van der Waals surface area contributed by atoms with E-state index in [1.54, 1.807) is 0 Å². The van der Waals surface area contributed by atoms with Gasteiger partial charge in [-0.25, -0.2) is 0 Å². The lowest BCUT2D eigenvalue weighted by molar-refractivity contribution is -0.121. The Kier molecular flexibility index (Phi) is 6.49. The summed E-state index contributed by atoms with van der Waals surface area (Å²) in [6, 6.07) is 11.9. The fraction of sp³-hybridized carbons (Fsp3) is 0.478. The summed E-state index contributed by atoms with van der Waals surface area (Å²) in [6.07, 6.45) is 5.83. The zero-order valence-electron chi connectivity index (χ0n) is 16.5. The lowest BCUT2D eigenvalue weighted by atomic mass is 9.99. The molecule has 0 aliphatic carbocycles. The van der Waals surface area contributed by atoms with Gasteiger partial charge in [0.05, 0.1) is 5.69 Å². The van der Waals surface area contributed by atoms with Crippen LogP contribution < -0.4 is 10.2 Å². The van der Waals surface area contributed by atoms with Crippen LogP contribution in [0.4, 0.5) is 5.69 Å². The van der Waals surface area contributed by atoms with Gasteiger partial charge in [0.25, 0.3) is 5.91 Å². The van der Waals surface area contributed by atoms with E-state index in [1.807, 2.05) is 41.3 Å². The van der Waals surface area contributed by atoms with E-state index >= 15 is 0 Å². The average Bonchev–Trinajstić information content (AvgIpc) is 2.96.